The van der Waals surface area contributed by atoms with E-state index in [1.54, 1.807) is 0 Å². The molecule has 31 heavy (non-hydrogen) atoms. The summed E-state index contributed by atoms with van der Waals surface area (Å²) in [6, 6.07) is 18.1. The fourth-order valence-corrected chi connectivity index (χ4v) is 4.45. The molecule has 2 aromatic carbocycles. The van der Waals surface area contributed by atoms with Gasteiger partial charge in [-0.25, -0.2) is 0 Å². The van der Waals surface area contributed by atoms with Gasteiger partial charge in [-0.2, -0.15) is 0 Å². The summed E-state index contributed by atoms with van der Waals surface area (Å²) in [6.07, 6.45) is 1.60. The molecule has 2 aliphatic rings. The van der Waals surface area contributed by atoms with E-state index in [0.29, 0.717) is 6.54 Å². The number of hydrogen-bond acceptors (Lipinski definition) is 4. The van der Waals surface area contributed by atoms with Crippen LogP contribution in [-0.4, -0.2) is 67.4 Å². The van der Waals surface area contributed by atoms with E-state index < -0.39 is 0 Å². The first-order valence-electron chi connectivity index (χ1n) is 11.3. The number of rotatable bonds is 5. The number of amides is 2. The molecule has 0 spiro atoms. The summed E-state index contributed by atoms with van der Waals surface area (Å²) in [7, 11) is 0. The number of anilines is 2. The largest absolute Gasteiger partial charge is 0.368 e. The van der Waals surface area contributed by atoms with Crippen LogP contribution in [-0.2, 0) is 9.59 Å². The second kappa shape index (κ2) is 9.96. The number of aryl methyl sites for hydroxylation is 1. The van der Waals surface area contributed by atoms with Crippen molar-refractivity contribution < 1.29 is 9.59 Å². The zero-order valence-electron chi connectivity index (χ0n) is 18.3. The van der Waals surface area contributed by atoms with Crippen LogP contribution in [0.2, 0.25) is 0 Å². The van der Waals surface area contributed by atoms with E-state index in [4.69, 9.17) is 0 Å². The third-order valence-electron chi connectivity index (χ3n) is 6.36. The minimum atomic E-state index is 0.0180. The number of carbonyl (C=O) groups is 2. The molecule has 2 amide bonds. The normalized spacial score (nSPS) is 18.1. The lowest BCUT2D eigenvalue weighted by atomic mass is 9.95. The second-order valence-corrected chi connectivity index (χ2v) is 8.61. The molecule has 0 aliphatic carbocycles. The van der Waals surface area contributed by atoms with Crippen molar-refractivity contribution in [1.29, 1.82) is 0 Å². The molecule has 6 heteroatoms. The molecule has 2 aromatic rings. The first-order chi connectivity index (χ1) is 15.1. The number of para-hydroxylation sites is 1. The first-order valence-corrected chi connectivity index (χ1v) is 11.3. The monoisotopic (exact) mass is 420 g/mol. The van der Waals surface area contributed by atoms with Crippen molar-refractivity contribution in [1.82, 2.24) is 9.80 Å². The van der Waals surface area contributed by atoms with Crippen LogP contribution in [0, 0.1) is 12.8 Å². The molecule has 2 fully saturated rings. The summed E-state index contributed by atoms with van der Waals surface area (Å²) in [5, 5.41) is 3.00. The first kappa shape index (κ1) is 21.4. The summed E-state index contributed by atoms with van der Waals surface area (Å²) in [5.41, 5.74) is 3.34. The van der Waals surface area contributed by atoms with Crippen molar-refractivity contribution in [2.45, 2.75) is 19.8 Å². The molecule has 2 saturated heterocycles. The Hall–Kier alpha value is -2.86. The van der Waals surface area contributed by atoms with E-state index >= 15 is 0 Å². The van der Waals surface area contributed by atoms with Crippen molar-refractivity contribution in [3.63, 3.8) is 0 Å². The minimum absolute atomic E-state index is 0.0180. The van der Waals surface area contributed by atoms with E-state index in [-0.39, 0.29) is 17.7 Å². The molecule has 164 valence electrons. The maximum absolute atomic E-state index is 12.8. The van der Waals surface area contributed by atoms with Crippen LogP contribution in [0.1, 0.15) is 18.4 Å². The van der Waals surface area contributed by atoms with E-state index in [1.807, 2.05) is 35.2 Å². The molecular formula is C25H32N4O2. The zero-order valence-corrected chi connectivity index (χ0v) is 18.3. The van der Waals surface area contributed by atoms with E-state index in [2.05, 4.69) is 46.3 Å². The lowest BCUT2D eigenvalue weighted by molar-refractivity contribution is -0.133. The Morgan fingerprint density at radius 1 is 0.903 bits per heavy atom. The molecule has 2 heterocycles. The molecule has 0 aromatic heterocycles. The fraction of sp³-hybridized carbons (Fsp3) is 0.440. The van der Waals surface area contributed by atoms with E-state index in [1.165, 1.54) is 11.3 Å². The van der Waals surface area contributed by atoms with Crippen molar-refractivity contribution in [3.05, 3.63) is 60.2 Å². The van der Waals surface area contributed by atoms with Crippen LogP contribution in [0.4, 0.5) is 11.4 Å². The molecule has 0 unspecified atom stereocenters. The summed E-state index contributed by atoms with van der Waals surface area (Å²) < 4.78 is 0. The molecule has 0 bridgehead atoms. The van der Waals surface area contributed by atoms with Crippen molar-refractivity contribution in [3.8, 4) is 0 Å². The van der Waals surface area contributed by atoms with Gasteiger partial charge in [0.1, 0.15) is 0 Å². The SMILES string of the molecule is Cc1cccc(N2CCN(C(=O)CN3CCC(C(=O)Nc4ccccc4)CC3)CC2)c1. The topological polar surface area (TPSA) is 55.9 Å². The maximum atomic E-state index is 12.8. The molecule has 0 atom stereocenters. The highest BCUT2D eigenvalue weighted by atomic mass is 16.2. The number of piperidine rings is 1. The van der Waals surface area contributed by atoms with Gasteiger partial charge >= 0.3 is 0 Å². The van der Waals surface area contributed by atoms with Gasteiger partial charge in [-0.3, -0.25) is 14.5 Å². The summed E-state index contributed by atoms with van der Waals surface area (Å²) >= 11 is 0. The van der Waals surface area contributed by atoms with Crippen LogP contribution in [0.5, 0.6) is 0 Å². The van der Waals surface area contributed by atoms with Gasteiger partial charge in [0.15, 0.2) is 0 Å². The van der Waals surface area contributed by atoms with Gasteiger partial charge in [0.05, 0.1) is 6.54 Å². The van der Waals surface area contributed by atoms with Crippen molar-refractivity contribution >= 4 is 23.2 Å². The third-order valence-corrected chi connectivity index (χ3v) is 6.36. The Morgan fingerprint density at radius 3 is 2.29 bits per heavy atom. The molecule has 6 nitrogen and oxygen atoms in total. The predicted molar refractivity (Wildman–Crippen MR) is 124 cm³/mol. The Balaban J connectivity index is 1.19. The van der Waals surface area contributed by atoms with Gasteiger partial charge in [-0.05, 0) is 62.7 Å². The van der Waals surface area contributed by atoms with Crippen molar-refractivity contribution in [2.24, 2.45) is 5.92 Å². The molecular weight excluding hydrogens is 388 g/mol. The van der Waals surface area contributed by atoms with Crippen LogP contribution in [0.15, 0.2) is 54.6 Å². The quantitative estimate of drug-likeness (QED) is 0.808. The average Bonchev–Trinajstić information content (AvgIpc) is 2.80. The number of benzene rings is 2. The third kappa shape index (κ3) is 5.64. The van der Waals surface area contributed by atoms with Crippen LogP contribution in [0.3, 0.4) is 0 Å². The summed E-state index contributed by atoms with van der Waals surface area (Å²) in [4.78, 5) is 31.8. The standard InChI is InChI=1S/C25H32N4O2/c1-20-6-5-9-23(18-20)28-14-16-29(17-15-28)24(30)19-27-12-10-21(11-13-27)25(31)26-22-7-3-2-4-8-22/h2-9,18,21H,10-17,19H2,1H3,(H,26,31). The van der Waals surface area contributed by atoms with Gasteiger partial charge in [0.25, 0.3) is 0 Å². The van der Waals surface area contributed by atoms with E-state index in [0.717, 1.165) is 57.8 Å². The van der Waals surface area contributed by atoms with Crippen molar-refractivity contribution in [2.75, 3.05) is 56.0 Å². The smallest absolute Gasteiger partial charge is 0.236 e. The minimum Gasteiger partial charge on any atom is -0.368 e. The number of carbonyl (C=O) groups excluding carboxylic acids is 2. The predicted octanol–water partition coefficient (Wildman–Crippen LogP) is 2.99. The molecule has 1 N–H and O–H groups in total. The second-order valence-electron chi connectivity index (χ2n) is 8.61. The Bertz CT molecular complexity index is 885. The number of nitrogens with zero attached hydrogens (tertiary/aromatic N) is 3. The Kier molecular flexibility index (Phi) is 6.87. The molecule has 0 radical (unpaired) electrons. The van der Waals surface area contributed by atoms with E-state index in [9.17, 15) is 9.59 Å². The highest BCUT2D eigenvalue weighted by molar-refractivity contribution is 5.92. The highest BCUT2D eigenvalue weighted by Gasteiger charge is 2.28. The van der Waals surface area contributed by atoms with Crippen LogP contribution < -0.4 is 10.2 Å². The lowest BCUT2D eigenvalue weighted by Gasteiger charge is -2.38. The molecule has 4 rings (SSSR count). The number of likely N-dealkylation sites (tertiary alicyclic amines) is 1. The van der Waals surface area contributed by atoms with Gasteiger partial charge in [0, 0.05) is 43.5 Å². The number of hydrogen-bond donors (Lipinski definition) is 1. The van der Waals surface area contributed by atoms with Gasteiger partial charge in [-0.15, -0.1) is 0 Å². The van der Waals surface area contributed by atoms with Gasteiger partial charge in [-0.1, -0.05) is 30.3 Å². The average molecular weight is 421 g/mol. The fourth-order valence-electron chi connectivity index (χ4n) is 4.45. The Morgan fingerprint density at radius 2 is 1.61 bits per heavy atom. The zero-order chi connectivity index (χ0) is 21.6. The lowest BCUT2D eigenvalue weighted by Crippen LogP contribution is -2.52. The van der Waals surface area contributed by atoms with Crippen LogP contribution in [0.25, 0.3) is 0 Å². The molecule has 0 saturated carbocycles. The Labute approximate surface area is 184 Å². The van der Waals surface area contributed by atoms with Gasteiger partial charge in [0.2, 0.25) is 11.8 Å². The number of nitrogens with one attached hydrogen (secondary N) is 1. The van der Waals surface area contributed by atoms with Gasteiger partial charge < -0.3 is 15.1 Å². The summed E-state index contributed by atoms with van der Waals surface area (Å²) in [5.74, 6) is 0.310. The van der Waals surface area contributed by atoms with Crippen LogP contribution >= 0.6 is 0 Å². The number of piperazine rings is 1. The highest BCUT2D eigenvalue weighted by Crippen LogP contribution is 2.21. The molecule has 2 aliphatic heterocycles. The maximum Gasteiger partial charge on any atom is 0.236 e. The summed E-state index contributed by atoms with van der Waals surface area (Å²) in [6.45, 7) is 7.43.